The largest absolute Gasteiger partial charge is 0.489 e. The molecule has 1 N–H and O–H groups in total. The van der Waals surface area contributed by atoms with E-state index >= 15 is 0 Å². The van der Waals surface area contributed by atoms with Gasteiger partial charge in [-0.05, 0) is 34.7 Å². The second-order valence-electron chi connectivity index (χ2n) is 6.91. The summed E-state index contributed by atoms with van der Waals surface area (Å²) in [5.74, 6) is 1.07. The quantitative estimate of drug-likeness (QED) is 0.330. The molecule has 31 heavy (non-hydrogen) atoms. The molecule has 0 fully saturated rings. The lowest BCUT2D eigenvalue weighted by Crippen LogP contribution is -2.24. The van der Waals surface area contributed by atoms with Crippen molar-refractivity contribution in [1.29, 1.82) is 0 Å². The van der Waals surface area contributed by atoms with E-state index in [9.17, 15) is 4.79 Å². The Balaban J connectivity index is 1.28. The van der Waals surface area contributed by atoms with E-state index in [4.69, 9.17) is 9.47 Å². The number of rotatable bonds is 8. The Bertz CT molecular complexity index is 1180. The number of carbonyl (C=O) groups is 1. The normalized spacial score (nSPS) is 10.8. The van der Waals surface area contributed by atoms with Gasteiger partial charge in [0.2, 0.25) is 0 Å². The number of nitrogens with zero attached hydrogens (tertiary/aromatic N) is 1. The van der Waals surface area contributed by atoms with Crippen molar-refractivity contribution in [3.8, 4) is 11.5 Å². The van der Waals surface area contributed by atoms with Crippen LogP contribution in [-0.4, -0.2) is 18.7 Å². The Morgan fingerprint density at radius 2 is 1.61 bits per heavy atom. The maximum atomic E-state index is 12.1. The number of amides is 1. The summed E-state index contributed by atoms with van der Waals surface area (Å²) in [6.07, 6.45) is 1.57. The van der Waals surface area contributed by atoms with Gasteiger partial charge in [-0.15, -0.1) is 0 Å². The summed E-state index contributed by atoms with van der Waals surface area (Å²) < 4.78 is 11.5. The third-order valence-electron chi connectivity index (χ3n) is 4.62. The van der Waals surface area contributed by atoms with Crippen LogP contribution in [0.3, 0.4) is 0 Å². The third-order valence-corrected chi connectivity index (χ3v) is 4.62. The second-order valence-corrected chi connectivity index (χ2v) is 6.91. The lowest BCUT2D eigenvalue weighted by Gasteiger charge is -2.08. The average Bonchev–Trinajstić information content (AvgIpc) is 2.82. The molecule has 0 aromatic heterocycles. The van der Waals surface area contributed by atoms with Crippen LogP contribution in [0, 0.1) is 0 Å². The summed E-state index contributed by atoms with van der Waals surface area (Å²) >= 11 is 0. The number of carbonyl (C=O) groups excluding carboxylic acids is 1. The van der Waals surface area contributed by atoms with Crippen LogP contribution in [0.25, 0.3) is 10.8 Å². The van der Waals surface area contributed by atoms with E-state index in [1.807, 2.05) is 97.1 Å². The molecule has 4 aromatic rings. The Morgan fingerprint density at radius 3 is 2.52 bits per heavy atom. The van der Waals surface area contributed by atoms with Crippen LogP contribution in [0.1, 0.15) is 11.1 Å². The fourth-order valence-corrected chi connectivity index (χ4v) is 3.10. The number of nitrogens with one attached hydrogen (secondary N) is 1. The molecule has 0 spiro atoms. The topological polar surface area (TPSA) is 59.9 Å². The van der Waals surface area contributed by atoms with Crippen LogP contribution in [0.5, 0.6) is 11.5 Å². The second kappa shape index (κ2) is 10.1. The number of hydrogen-bond acceptors (Lipinski definition) is 4. The maximum Gasteiger partial charge on any atom is 0.277 e. The fourth-order valence-electron chi connectivity index (χ4n) is 3.10. The summed E-state index contributed by atoms with van der Waals surface area (Å²) in [5.41, 5.74) is 4.41. The standard InChI is InChI=1S/C26H22N2O3/c29-26(19-31-25-15-7-12-22-11-4-5-14-24(22)25)28-27-17-21-10-6-13-23(16-21)30-18-20-8-2-1-3-9-20/h1-17H,18-19H2,(H,28,29). The van der Waals surface area contributed by atoms with Gasteiger partial charge in [0.25, 0.3) is 5.91 Å². The Kier molecular flexibility index (Phi) is 6.55. The molecule has 0 aliphatic carbocycles. The van der Waals surface area contributed by atoms with Gasteiger partial charge >= 0.3 is 0 Å². The molecule has 154 valence electrons. The summed E-state index contributed by atoms with van der Waals surface area (Å²) in [7, 11) is 0. The minimum Gasteiger partial charge on any atom is -0.489 e. The maximum absolute atomic E-state index is 12.1. The summed E-state index contributed by atoms with van der Waals surface area (Å²) in [6, 6.07) is 31.1. The zero-order valence-electron chi connectivity index (χ0n) is 16.9. The molecule has 5 nitrogen and oxygen atoms in total. The molecule has 0 aliphatic heterocycles. The minimum absolute atomic E-state index is 0.119. The van der Waals surface area contributed by atoms with E-state index < -0.39 is 0 Å². The predicted molar refractivity (Wildman–Crippen MR) is 122 cm³/mol. The van der Waals surface area contributed by atoms with Crippen molar-refractivity contribution >= 4 is 22.9 Å². The number of fused-ring (bicyclic) bond motifs is 1. The van der Waals surface area contributed by atoms with Gasteiger partial charge in [0.05, 0.1) is 6.21 Å². The lowest BCUT2D eigenvalue weighted by atomic mass is 10.1. The lowest BCUT2D eigenvalue weighted by molar-refractivity contribution is -0.123. The molecule has 1 amide bonds. The molecule has 0 radical (unpaired) electrons. The molecular formula is C26H22N2O3. The van der Waals surface area contributed by atoms with E-state index in [1.54, 1.807) is 6.21 Å². The highest BCUT2D eigenvalue weighted by atomic mass is 16.5. The molecule has 0 unspecified atom stereocenters. The van der Waals surface area contributed by atoms with Gasteiger partial charge in [0, 0.05) is 5.39 Å². The van der Waals surface area contributed by atoms with Crippen molar-refractivity contribution in [3.05, 3.63) is 108 Å². The van der Waals surface area contributed by atoms with Crippen LogP contribution < -0.4 is 14.9 Å². The van der Waals surface area contributed by atoms with Gasteiger partial charge in [-0.25, -0.2) is 5.43 Å². The van der Waals surface area contributed by atoms with Crippen molar-refractivity contribution in [2.75, 3.05) is 6.61 Å². The summed E-state index contributed by atoms with van der Waals surface area (Å²) in [5, 5.41) is 6.04. The van der Waals surface area contributed by atoms with E-state index in [-0.39, 0.29) is 12.5 Å². The van der Waals surface area contributed by atoms with E-state index in [1.165, 1.54) is 0 Å². The van der Waals surface area contributed by atoms with Crippen molar-refractivity contribution in [1.82, 2.24) is 5.43 Å². The van der Waals surface area contributed by atoms with E-state index in [0.29, 0.717) is 12.4 Å². The minimum atomic E-state index is -0.333. The smallest absolute Gasteiger partial charge is 0.277 e. The first-order valence-electron chi connectivity index (χ1n) is 9.97. The van der Waals surface area contributed by atoms with Gasteiger partial charge in [-0.1, -0.05) is 78.9 Å². The molecule has 0 aliphatic rings. The van der Waals surface area contributed by atoms with Crippen LogP contribution in [0.15, 0.2) is 102 Å². The van der Waals surface area contributed by atoms with E-state index in [0.717, 1.165) is 27.6 Å². The molecule has 5 heteroatoms. The molecule has 0 heterocycles. The van der Waals surface area contributed by atoms with Crippen molar-refractivity contribution < 1.29 is 14.3 Å². The molecular weight excluding hydrogens is 388 g/mol. The monoisotopic (exact) mass is 410 g/mol. The zero-order chi connectivity index (χ0) is 21.3. The van der Waals surface area contributed by atoms with Crippen LogP contribution >= 0.6 is 0 Å². The van der Waals surface area contributed by atoms with Gasteiger partial charge in [-0.3, -0.25) is 4.79 Å². The van der Waals surface area contributed by atoms with Crippen molar-refractivity contribution in [2.24, 2.45) is 5.10 Å². The highest BCUT2D eigenvalue weighted by molar-refractivity contribution is 5.89. The molecule has 4 rings (SSSR count). The van der Waals surface area contributed by atoms with Crippen LogP contribution in [-0.2, 0) is 11.4 Å². The van der Waals surface area contributed by atoms with Gasteiger partial charge in [0.1, 0.15) is 18.1 Å². The predicted octanol–water partition coefficient (Wildman–Crippen LogP) is 4.95. The third kappa shape index (κ3) is 5.70. The summed E-state index contributed by atoms with van der Waals surface area (Å²) in [4.78, 5) is 12.1. The van der Waals surface area contributed by atoms with Gasteiger partial charge in [-0.2, -0.15) is 5.10 Å². The Labute approximate surface area is 180 Å². The number of hydrazone groups is 1. The van der Waals surface area contributed by atoms with Crippen molar-refractivity contribution in [3.63, 3.8) is 0 Å². The van der Waals surface area contributed by atoms with Crippen molar-refractivity contribution in [2.45, 2.75) is 6.61 Å². The van der Waals surface area contributed by atoms with Crippen LogP contribution in [0.2, 0.25) is 0 Å². The fraction of sp³-hybridized carbons (Fsp3) is 0.0769. The number of ether oxygens (including phenoxy) is 2. The molecule has 4 aromatic carbocycles. The first kappa shape index (κ1) is 20.2. The van der Waals surface area contributed by atoms with Crippen LogP contribution in [0.4, 0.5) is 0 Å². The highest BCUT2D eigenvalue weighted by Crippen LogP contribution is 2.24. The zero-order valence-corrected chi connectivity index (χ0v) is 16.9. The first-order chi connectivity index (χ1) is 15.3. The number of hydrogen-bond donors (Lipinski definition) is 1. The Hall–Kier alpha value is -4.12. The highest BCUT2D eigenvalue weighted by Gasteiger charge is 2.05. The first-order valence-corrected chi connectivity index (χ1v) is 9.97. The molecule has 0 saturated carbocycles. The van der Waals surface area contributed by atoms with Gasteiger partial charge < -0.3 is 9.47 Å². The average molecular weight is 410 g/mol. The van der Waals surface area contributed by atoms with Gasteiger partial charge in [0.15, 0.2) is 6.61 Å². The molecule has 0 saturated heterocycles. The summed E-state index contributed by atoms with van der Waals surface area (Å²) in [6.45, 7) is 0.370. The molecule has 0 atom stereocenters. The SMILES string of the molecule is O=C(COc1cccc2ccccc12)NN=Cc1cccc(OCc2ccccc2)c1. The molecule has 0 bridgehead atoms. The Morgan fingerprint density at radius 1 is 0.839 bits per heavy atom. The van der Waals surface area contributed by atoms with E-state index in [2.05, 4.69) is 10.5 Å². The number of benzene rings is 4.